The van der Waals surface area contributed by atoms with Crippen molar-refractivity contribution in [3.8, 4) is 5.75 Å². The van der Waals surface area contributed by atoms with Gasteiger partial charge in [-0.25, -0.2) is 4.79 Å². The van der Waals surface area contributed by atoms with E-state index in [-0.39, 0.29) is 12.2 Å². The molecule has 162 valence electrons. The van der Waals surface area contributed by atoms with Crippen molar-refractivity contribution in [1.29, 1.82) is 0 Å². The van der Waals surface area contributed by atoms with Crippen LogP contribution in [-0.2, 0) is 11.2 Å². The van der Waals surface area contributed by atoms with Crippen LogP contribution < -0.4 is 15.4 Å². The van der Waals surface area contributed by atoms with Gasteiger partial charge in [0.05, 0.1) is 17.9 Å². The summed E-state index contributed by atoms with van der Waals surface area (Å²) in [6.45, 7) is 0.171. The van der Waals surface area contributed by atoms with Crippen molar-refractivity contribution in [2.45, 2.75) is 31.6 Å². The third kappa shape index (κ3) is 7.78. The Balaban J connectivity index is 2.01. The third-order valence-electron chi connectivity index (χ3n) is 3.93. The van der Waals surface area contributed by atoms with E-state index in [0.717, 1.165) is 6.20 Å². The minimum atomic E-state index is -4.46. The van der Waals surface area contributed by atoms with Gasteiger partial charge in [-0.2, -0.15) is 13.2 Å². The molecule has 0 bridgehead atoms. The molecule has 0 aliphatic carbocycles. The molecule has 0 spiro atoms. The second-order valence-corrected chi connectivity index (χ2v) is 6.82. The zero-order valence-corrected chi connectivity index (χ0v) is 16.5. The number of amides is 2. The highest BCUT2D eigenvalue weighted by atomic mass is 35.5. The molecule has 1 aromatic carbocycles. The average molecular weight is 446 g/mol. The highest BCUT2D eigenvalue weighted by molar-refractivity contribution is 6.30. The van der Waals surface area contributed by atoms with Gasteiger partial charge in [0.2, 0.25) is 5.91 Å². The summed E-state index contributed by atoms with van der Waals surface area (Å²) < 4.78 is 41.1. The molecule has 0 radical (unpaired) electrons. The van der Waals surface area contributed by atoms with E-state index in [9.17, 15) is 22.8 Å². The van der Waals surface area contributed by atoms with Crippen LogP contribution in [0.2, 0.25) is 5.02 Å². The molecule has 2 unspecified atom stereocenters. The average Bonchev–Trinajstić information content (AvgIpc) is 2.67. The van der Waals surface area contributed by atoms with Gasteiger partial charge in [-0.3, -0.25) is 9.78 Å². The minimum absolute atomic E-state index is 0.0669. The fourth-order valence-electron chi connectivity index (χ4n) is 2.50. The lowest BCUT2D eigenvalue weighted by Crippen LogP contribution is -2.48. The molecule has 3 N–H and O–H groups in total. The Morgan fingerprint density at radius 1 is 1.17 bits per heavy atom. The number of alkyl halides is 3. The number of nitrogens with zero attached hydrogens (tertiary/aromatic N) is 1. The summed E-state index contributed by atoms with van der Waals surface area (Å²) in [4.78, 5) is 27.6. The largest absolute Gasteiger partial charge is 0.483 e. The molecule has 0 saturated heterocycles. The van der Waals surface area contributed by atoms with Gasteiger partial charge in [0.25, 0.3) is 0 Å². The number of ether oxygens (including phenoxy) is 1. The lowest BCUT2D eigenvalue weighted by atomic mass is 10.0. The molecule has 30 heavy (non-hydrogen) atoms. The number of hydrogen-bond acceptors (Lipinski definition) is 4. The normalized spacial score (nSPS) is 13.2. The van der Waals surface area contributed by atoms with Gasteiger partial charge in [0.15, 0.2) is 6.61 Å². The number of carbonyl (C=O) groups excluding carboxylic acids is 1. The third-order valence-corrected chi connectivity index (χ3v) is 4.18. The summed E-state index contributed by atoms with van der Waals surface area (Å²) in [6, 6.07) is 7.63. The summed E-state index contributed by atoms with van der Waals surface area (Å²) in [5.41, 5.74) is 1.06. The molecule has 0 fully saturated rings. The molecule has 0 aliphatic heterocycles. The molecule has 0 saturated carbocycles. The summed E-state index contributed by atoms with van der Waals surface area (Å²) in [5, 5.41) is 14.3. The van der Waals surface area contributed by atoms with Crippen LogP contribution in [0.25, 0.3) is 0 Å². The van der Waals surface area contributed by atoms with Crippen LogP contribution in [0.5, 0.6) is 5.75 Å². The maximum absolute atomic E-state index is 12.6. The monoisotopic (exact) mass is 445 g/mol. The van der Waals surface area contributed by atoms with E-state index in [0.29, 0.717) is 16.3 Å². The van der Waals surface area contributed by atoms with E-state index in [4.69, 9.17) is 16.7 Å². The zero-order valence-electron chi connectivity index (χ0n) is 15.7. The van der Waals surface area contributed by atoms with E-state index in [2.05, 4.69) is 20.4 Å². The highest BCUT2D eigenvalue weighted by Crippen LogP contribution is 2.19. The number of pyridine rings is 1. The Morgan fingerprint density at radius 3 is 2.37 bits per heavy atom. The first kappa shape index (κ1) is 23.3. The number of carbonyl (C=O) groups is 2. The number of rotatable bonds is 8. The fraction of sp³-hybridized carbons (Fsp3) is 0.316. The molecular weight excluding hydrogens is 427 g/mol. The van der Waals surface area contributed by atoms with Crippen molar-refractivity contribution in [2.24, 2.45) is 0 Å². The van der Waals surface area contributed by atoms with Gasteiger partial charge >= 0.3 is 12.3 Å². The molecule has 2 rings (SSSR count). The molecule has 2 atom stereocenters. The first-order valence-corrected chi connectivity index (χ1v) is 9.11. The molecule has 2 amide bonds. The van der Waals surface area contributed by atoms with Crippen molar-refractivity contribution in [3.05, 3.63) is 58.9 Å². The van der Waals surface area contributed by atoms with E-state index in [1.807, 2.05) is 0 Å². The second-order valence-electron chi connectivity index (χ2n) is 6.39. The zero-order chi connectivity index (χ0) is 22.3. The molecule has 7 nitrogen and oxygen atoms in total. The maximum Gasteiger partial charge on any atom is 0.422 e. The SMILES string of the molecule is CC(NC(=O)C(Cc1ccc(Cl)cc1)NC(=O)O)c1ccc(OCC(F)(F)F)cn1. The van der Waals surface area contributed by atoms with Crippen molar-refractivity contribution >= 4 is 23.6 Å². The van der Waals surface area contributed by atoms with E-state index in [1.165, 1.54) is 12.1 Å². The first-order chi connectivity index (χ1) is 14.0. The number of carboxylic acid groups (broad SMARTS) is 1. The van der Waals surface area contributed by atoms with Crippen LogP contribution in [0.15, 0.2) is 42.6 Å². The van der Waals surface area contributed by atoms with Crippen LogP contribution in [0, 0.1) is 0 Å². The first-order valence-electron chi connectivity index (χ1n) is 8.73. The Morgan fingerprint density at radius 2 is 1.83 bits per heavy atom. The van der Waals surface area contributed by atoms with Crippen molar-refractivity contribution < 1.29 is 32.6 Å². The Bertz CT molecular complexity index is 861. The van der Waals surface area contributed by atoms with Gasteiger partial charge in [-0.1, -0.05) is 23.7 Å². The predicted molar refractivity (Wildman–Crippen MR) is 102 cm³/mol. The van der Waals surface area contributed by atoms with Crippen LogP contribution in [-0.4, -0.2) is 40.9 Å². The Labute approximate surface area is 175 Å². The molecular formula is C19H19ClF3N3O4. The van der Waals surface area contributed by atoms with Crippen molar-refractivity contribution in [2.75, 3.05) is 6.61 Å². The maximum atomic E-state index is 12.6. The standard InChI is InChI=1S/C19H19ClF3N3O4/c1-11(15-7-6-14(9-24-15)30-10-19(21,22)23)25-17(27)16(26-18(28)29)8-12-2-4-13(20)5-3-12/h2-7,9,11,16,26H,8,10H2,1H3,(H,25,27)(H,28,29). The Kier molecular flexibility index (Phi) is 7.87. The quantitative estimate of drug-likeness (QED) is 0.575. The number of aromatic nitrogens is 1. The van der Waals surface area contributed by atoms with Crippen molar-refractivity contribution in [3.63, 3.8) is 0 Å². The van der Waals surface area contributed by atoms with E-state index < -0.39 is 36.9 Å². The summed E-state index contributed by atoms with van der Waals surface area (Å²) in [6.07, 6.45) is -4.61. The lowest BCUT2D eigenvalue weighted by molar-refractivity contribution is -0.153. The molecule has 0 aliphatic rings. The predicted octanol–water partition coefficient (Wildman–Crippen LogP) is 3.73. The van der Waals surface area contributed by atoms with Crippen LogP contribution >= 0.6 is 11.6 Å². The molecule has 1 aromatic heterocycles. The minimum Gasteiger partial charge on any atom is -0.483 e. The summed E-state index contributed by atoms with van der Waals surface area (Å²) in [5.74, 6) is -0.651. The van der Waals surface area contributed by atoms with Gasteiger partial charge in [-0.15, -0.1) is 0 Å². The van der Waals surface area contributed by atoms with Crippen LogP contribution in [0.1, 0.15) is 24.2 Å². The second kappa shape index (κ2) is 10.1. The van der Waals surface area contributed by atoms with Crippen molar-refractivity contribution in [1.82, 2.24) is 15.6 Å². The Hall–Kier alpha value is -3.01. The fourth-order valence-corrected chi connectivity index (χ4v) is 2.63. The number of nitrogens with one attached hydrogen (secondary N) is 2. The number of hydrogen-bond donors (Lipinski definition) is 3. The van der Waals surface area contributed by atoms with Crippen LogP contribution in [0.3, 0.4) is 0 Å². The number of halogens is 4. The van der Waals surface area contributed by atoms with Gasteiger partial charge < -0.3 is 20.5 Å². The van der Waals surface area contributed by atoms with Gasteiger partial charge in [0.1, 0.15) is 11.8 Å². The van der Waals surface area contributed by atoms with E-state index in [1.54, 1.807) is 31.2 Å². The highest BCUT2D eigenvalue weighted by Gasteiger charge is 2.28. The van der Waals surface area contributed by atoms with E-state index >= 15 is 0 Å². The molecule has 1 heterocycles. The summed E-state index contributed by atoms with van der Waals surface area (Å²) >= 11 is 5.82. The van der Waals surface area contributed by atoms with Crippen LogP contribution in [0.4, 0.5) is 18.0 Å². The lowest BCUT2D eigenvalue weighted by Gasteiger charge is -2.20. The number of benzene rings is 1. The van der Waals surface area contributed by atoms with Gasteiger partial charge in [0, 0.05) is 11.4 Å². The summed E-state index contributed by atoms with van der Waals surface area (Å²) in [7, 11) is 0. The smallest absolute Gasteiger partial charge is 0.422 e. The molecule has 11 heteroatoms. The molecule has 2 aromatic rings. The van der Waals surface area contributed by atoms with Gasteiger partial charge in [-0.05, 0) is 36.8 Å². The topological polar surface area (TPSA) is 101 Å².